The van der Waals surface area contributed by atoms with Crippen LogP contribution in [0.25, 0.3) is 5.70 Å². The molecule has 4 rings (SSSR count). The Balaban J connectivity index is 1.63. The predicted molar refractivity (Wildman–Crippen MR) is 118 cm³/mol. The molecule has 1 aliphatic rings. The van der Waals surface area contributed by atoms with Crippen LogP contribution in [0.1, 0.15) is 28.6 Å². The van der Waals surface area contributed by atoms with Gasteiger partial charge in [-0.05, 0) is 24.6 Å². The van der Waals surface area contributed by atoms with Crippen molar-refractivity contribution in [3.8, 4) is 5.88 Å². The third-order valence-corrected chi connectivity index (χ3v) is 5.22. The van der Waals surface area contributed by atoms with Crippen LogP contribution in [0.4, 0.5) is 5.69 Å². The standard InChI is InChI=1S/C23H25N5O4/c1-15-19(8-9-21(24-15)31-11-10-29)16(2)28-14-23(30)27(13-22-26-25-17(3)32-22)12-18-6-4-5-7-20(18)28/h4-9,29H,2,10-14H2,1,3H3. The second-order valence-corrected chi connectivity index (χ2v) is 7.48. The zero-order valence-corrected chi connectivity index (χ0v) is 18.1. The van der Waals surface area contributed by atoms with Crippen molar-refractivity contribution in [2.75, 3.05) is 24.7 Å². The van der Waals surface area contributed by atoms with E-state index in [4.69, 9.17) is 14.3 Å². The number of hydrogen-bond donors (Lipinski definition) is 1. The number of aryl methyl sites for hydroxylation is 2. The van der Waals surface area contributed by atoms with Gasteiger partial charge in [0, 0.05) is 36.5 Å². The minimum atomic E-state index is -0.0818. The Labute approximate surface area is 186 Å². The second kappa shape index (κ2) is 9.19. The van der Waals surface area contributed by atoms with Crippen molar-refractivity contribution in [2.45, 2.75) is 26.9 Å². The van der Waals surface area contributed by atoms with Gasteiger partial charge in [-0.1, -0.05) is 24.8 Å². The summed E-state index contributed by atoms with van der Waals surface area (Å²) in [6.07, 6.45) is 0. The summed E-state index contributed by atoms with van der Waals surface area (Å²) in [6.45, 7) is 8.74. The molecule has 9 heteroatoms. The molecule has 0 bridgehead atoms. The number of rotatable bonds is 7. The maximum Gasteiger partial charge on any atom is 0.243 e. The fraction of sp³-hybridized carbons (Fsp3) is 0.304. The molecular weight excluding hydrogens is 410 g/mol. The second-order valence-electron chi connectivity index (χ2n) is 7.48. The van der Waals surface area contributed by atoms with Crippen molar-refractivity contribution in [2.24, 2.45) is 0 Å². The number of carbonyl (C=O) groups excluding carboxylic acids is 1. The summed E-state index contributed by atoms with van der Waals surface area (Å²) in [4.78, 5) is 21.3. The number of fused-ring (bicyclic) bond motifs is 1. The predicted octanol–water partition coefficient (Wildman–Crippen LogP) is 2.47. The van der Waals surface area contributed by atoms with Gasteiger partial charge in [0.2, 0.25) is 23.6 Å². The number of pyridine rings is 1. The fourth-order valence-electron chi connectivity index (χ4n) is 3.69. The van der Waals surface area contributed by atoms with Crippen LogP contribution in [0.2, 0.25) is 0 Å². The van der Waals surface area contributed by atoms with Crippen LogP contribution < -0.4 is 9.64 Å². The molecule has 1 amide bonds. The highest BCUT2D eigenvalue weighted by Crippen LogP contribution is 2.33. The number of nitrogens with zero attached hydrogens (tertiary/aromatic N) is 5. The fourth-order valence-corrected chi connectivity index (χ4v) is 3.69. The summed E-state index contributed by atoms with van der Waals surface area (Å²) >= 11 is 0. The van der Waals surface area contributed by atoms with Crippen LogP contribution in [0.15, 0.2) is 47.4 Å². The van der Waals surface area contributed by atoms with Crippen molar-refractivity contribution in [1.82, 2.24) is 20.1 Å². The number of hydrogen-bond acceptors (Lipinski definition) is 8. The van der Waals surface area contributed by atoms with Crippen LogP contribution >= 0.6 is 0 Å². The van der Waals surface area contributed by atoms with Gasteiger partial charge in [-0.2, -0.15) is 0 Å². The van der Waals surface area contributed by atoms with E-state index in [2.05, 4.69) is 21.8 Å². The van der Waals surface area contributed by atoms with E-state index in [0.717, 1.165) is 22.5 Å². The van der Waals surface area contributed by atoms with Crippen molar-refractivity contribution < 1.29 is 19.1 Å². The Morgan fingerprint density at radius 2 is 2.00 bits per heavy atom. The minimum Gasteiger partial charge on any atom is -0.475 e. The van der Waals surface area contributed by atoms with Crippen LogP contribution in [0.5, 0.6) is 5.88 Å². The Hall–Kier alpha value is -3.72. The number of aliphatic hydroxyl groups is 1. The number of aliphatic hydroxyl groups excluding tert-OH is 1. The lowest BCUT2D eigenvalue weighted by Crippen LogP contribution is -2.36. The third kappa shape index (κ3) is 4.47. The van der Waals surface area contributed by atoms with Gasteiger partial charge in [-0.3, -0.25) is 4.79 Å². The van der Waals surface area contributed by atoms with Crippen molar-refractivity contribution in [1.29, 1.82) is 0 Å². The van der Waals surface area contributed by atoms with Crippen LogP contribution in [-0.2, 0) is 17.9 Å². The van der Waals surface area contributed by atoms with Crippen molar-refractivity contribution >= 4 is 17.3 Å². The molecule has 0 saturated heterocycles. The van der Waals surface area contributed by atoms with Crippen LogP contribution in [0, 0.1) is 13.8 Å². The Morgan fingerprint density at radius 1 is 1.19 bits per heavy atom. The van der Waals surface area contributed by atoms with E-state index in [-0.39, 0.29) is 32.2 Å². The summed E-state index contributed by atoms with van der Waals surface area (Å²) in [7, 11) is 0. The van der Waals surface area contributed by atoms with E-state index in [1.807, 2.05) is 42.2 Å². The molecular formula is C23H25N5O4. The number of aromatic nitrogens is 3. The maximum absolute atomic E-state index is 13.2. The van der Waals surface area contributed by atoms with E-state index < -0.39 is 0 Å². The first kappa shape index (κ1) is 21.5. The molecule has 1 aromatic carbocycles. The summed E-state index contributed by atoms with van der Waals surface area (Å²) in [5.74, 6) is 1.22. The highest BCUT2D eigenvalue weighted by Gasteiger charge is 2.28. The molecule has 9 nitrogen and oxygen atoms in total. The van der Waals surface area contributed by atoms with E-state index in [0.29, 0.717) is 29.9 Å². The van der Waals surface area contributed by atoms with E-state index in [1.165, 1.54) is 0 Å². The molecule has 0 spiro atoms. The molecule has 0 atom stereocenters. The number of amides is 1. The van der Waals surface area contributed by atoms with Gasteiger partial charge < -0.3 is 24.1 Å². The average molecular weight is 435 g/mol. The number of ether oxygens (including phenoxy) is 1. The largest absolute Gasteiger partial charge is 0.475 e. The van der Waals surface area contributed by atoms with Gasteiger partial charge in [0.1, 0.15) is 13.2 Å². The summed E-state index contributed by atoms with van der Waals surface area (Å²) in [5, 5.41) is 16.8. The lowest BCUT2D eigenvalue weighted by molar-refractivity contribution is -0.130. The Bertz CT molecular complexity index is 1140. The molecule has 3 heterocycles. The van der Waals surface area contributed by atoms with Gasteiger partial charge in [0.25, 0.3) is 0 Å². The van der Waals surface area contributed by atoms with Gasteiger partial charge in [-0.25, -0.2) is 4.98 Å². The molecule has 166 valence electrons. The quantitative estimate of drug-likeness (QED) is 0.604. The highest BCUT2D eigenvalue weighted by molar-refractivity contribution is 5.91. The van der Waals surface area contributed by atoms with E-state index in [1.54, 1.807) is 17.9 Å². The first-order valence-electron chi connectivity index (χ1n) is 10.3. The number of carbonyl (C=O) groups is 1. The maximum atomic E-state index is 13.2. The summed E-state index contributed by atoms with van der Waals surface area (Å²) < 4.78 is 10.9. The molecule has 0 radical (unpaired) electrons. The molecule has 1 N–H and O–H groups in total. The van der Waals surface area contributed by atoms with Crippen LogP contribution in [0.3, 0.4) is 0 Å². The zero-order valence-electron chi connectivity index (χ0n) is 18.1. The first-order chi connectivity index (χ1) is 15.5. The lowest BCUT2D eigenvalue weighted by Gasteiger charge is -2.27. The first-order valence-corrected chi connectivity index (χ1v) is 10.3. The highest BCUT2D eigenvalue weighted by atomic mass is 16.5. The molecule has 1 aliphatic heterocycles. The van der Waals surface area contributed by atoms with E-state index in [9.17, 15) is 4.79 Å². The Morgan fingerprint density at radius 3 is 2.72 bits per heavy atom. The monoisotopic (exact) mass is 435 g/mol. The molecule has 0 unspecified atom stereocenters. The van der Waals surface area contributed by atoms with E-state index >= 15 is 0 Å². The molecule has 3 aromatic rings. The molecule has 32 heavy (non-hydrogen) atoms. The normalized spacial score (nSPS) is 13.7. The number of anilines is 1. The topological polar surface area (TPSA) is 105 Å². The number of benzene rings is 1. The summed E-state index contributed by atoms with van der Waals surface area (Å²) in [6, 6.07) is 11.5. The van der Waals surface area contributed by atoms with Crippen molar-refractivity contribution in [3.63, 3.8) is 0 Å². The van der Waals surface area contributed by atoms with Gasteiger partial charge in [0.15, 0.2) is 0 Å². The van der Waals surface area contributed by atoms with Crippen molar-refractivity contribution in [3.05, 3.63) is 71.6 Å². The minimum absolute atomic E-state index is 0.0771. The Kier molecular flexibility index (Phi) is 6.18. The van der Waals surface area contributed by atoms with Gasteiger partial charge in [0.05, 0.1) is 18.8 Å². The SMILES string of the molecule is C=C(c1ccc(OCCO)nc1C)N1CC(=O)N(Cc2nnc(C)o2)Cc2ccccc21. The molecule has 0 saturated carbocycles. The molecule has 2 aromatic heterocycles. The molecule has 0 fully saturated rings. The number of para-hydroxylation sites is 1. The lowest BCUT2D eigenvalue weighted by atomic mass is 10.1. The zero-order chi connectivity index (χ0) is 22.7. The van der Waals surface area contributed by atoms with Crippen LogP contribution in [-0.4, -0.2) is 50.9 Å². The van der Waals surface area contributed by atoms with Gasteiger partial charge >= 0.3 is 0 Å². The smallest absolute Gasteiger partial charge is 0.243 e. The third-order valence-electron chi connectivity index (χ3n) is 5.22. The average Bonchev–Trinajstić information content (AvgIpc) is 3.13. The van der Waals surface area contributed by atoms with Gasteiger partial charge in [-0.15, -0.1) is 10.2 Å². The summed E-state index contributed by atoms with van der Waals surface area (Å²) in [5.41, 5.74) is 4.10. The molecule has 0 aliphatic carbocycles.